The van der Waals surface area contributed by atoms with E-state index in [0.29, 0.717) is 10.2 Å². The van der Waals surface area contributed by atoms with E-state index in [9.17, 15) is 9.90 Å². The molecule has 18 heavy (non-hydrogen) atoms. The number of aliphatic hydroxyl groups excluding tert-OH is 1. The minimum atomic E-state index is -1.01. The van der Waals surface area contributed by atoms with E-state index in [-0.39, 0.29) is 13.2 Å². The molecule has 1 atom stereocenters. The van der Waals surface area contributed by atoms with Crippen LogP contribution in [0.3, 0.4) is 0 Å². The molecule has 7 heteroatoms. The molecule has 6 nitrogen and oxygen atoms in total. The number of aliphatic hydroxyl groups is 1. The summed E-state index contributed by atoms with van der Waals surface area (Å²) in [5, 5.41) is 18.3. The van der Waals surface area contributed by atoms with Crippen LogP contribution in [0.15, 0.2) is 18.3 Å². The standard InChI is InChI=1S/C11H13N3O3S/c1-14(7-9(15)17-6-4-12)11(16)8-3-2-5-13-10(8)18/h2-3,5,11,16H,6-7H2,1H3,(H,13,18). The molecule has 1 aromatic rings. The molecule has 1 aromatic heterocycles. The molecule has 1 heterocycles. The summed E-state index contributed by atoms with van der Waals surface area (Å²) in [5.41, 5.74) is 0.503. The minimum absolute atomic E-state index is 0.132. The first-order valence-corrected chi connectivity index (χ1v) is 5.55. The number of esters is 1. The van der Waals surface area contributed by atoms with Crippen molar-refractivity contribution in [3.8, 4) is 6.07 Å². The van der Waals surface area contributed by atoms with Crippen molar-refractivity contribution in [3.05, 3.63) is 28.5 Å². The van der Waals surface area contributed by atoms with E-state index in [1.807, 2.05) is 0 Å². The van der Waals surface area contributed by atoms with Crippen molar-refractivity contribution in [2.24, 2.45) is 0 Å². The van der Waals surface area contributed by atoms with Crippen LogP contribution in [0.2, 0.25) is 0 Å². The summed E-state index contributed by atoms with van der Waals surface area (Å²) >= 11 is 5.03. The van der Waals surface area contributed by atoms with Crippen LogP contribution in [0.1, 0.15) is 11.8 Å². The number of carbonyl (C=O) groups is 1. The summed E-state index contributed by atoms with van der Waals surface area (Å²) in [4.78, 5) is 15.4. The topological polar surface area (TPSA) is 89.3 Å². The Kier molecular flexibility index (Phi) is 5.45. The Bertz CT molecular complexity index is 509. The molecule has 0 radical (unpaired) electrons. The highest BCUT2D eigenvalue weighted by Gasteiger charge is 2.18. The van der Waals surface area contributed by atoms with E-state index >= 15 is 0 Å². The summed E-state index contributed by atoms with van der Waals surface area (Å²) in [5.74, 6) is -0.580. The molecule has 2 N–H and O–H groups in total. The fraction of sp³-hybridized carbons (Fsp3) is 0.364. The van der Waals surface area contributed by atoms with Gasteiger partial charge in [-0.1, -0.05) is 18.3 Å². The Hall–Kier alpha value is -1.75. The zero-order valence-electron chi connectivity index (χ0n) is 9.79. The van der Waals surface area contributed by atoms with Gasteiger partial charge in [0.1, 0.15) is 16.9 Å². The van der Waals surface area contributed by atoms with Crippen LogP contribution in [-0.4, -0.2) is 41.2 Å². The first kappa shape index (κ1) is 14.3. The third-order valence-electron chi connectivity index (χ3n) is 2.22. The molecule has 0 spiro atoms. The molecule has 0 aliphatic rings. The van der Waals surface area contributed by atoms with E-state index < -0.39 is 12.2 Å². The van der Waals surface area contributed by atoms with Gasteiger partial charge in [-0.05, 0) is 13.1 Å². The van der Waals surface area contributed by atoms with Gasteiger partial charge in [0.15, 0.2) is 6.61 Å². The third-order valence-corrected chi connectivity index (χ3v) is 2.57. The number of likely N-dealkylation sites (N-methyl/N-ethyl adjacent to an activating group) is 1. The van der Waals surface area contributed by atoms with E-state index in [2.05, 4.69) is 9.72 Å². The average Bonchev–Trinajstić information content (AvgIpc) is 2.36. The van der Waals surface area contributed by atoms with Gasteiger partial charge in [0, 0.05) is 11.8 Å². The maximum atomic E-state index is 11.3. The number of ether oxygens (including phenoxy) is 1. The number of rotatable bonds is 5. The Labute approximate surface area is 109 Å². The van der Waals surface area contributed by atoms with E-state index in [4.69, 9.17) is 17.5 Å². The van der Waals surface area contributed by atoms with Gasteiger partial charge < -0.3 is 14.8 Å². The number of aromatic amines is 1. The molecule has 0 fully saturated rings. The second-order valence-electron chi connectivity index (χ2n) is 3.56. The van der Waals surface area contributed by atoms with Gasteiger partial charge in [-0.2, -0.15) is 5.26 Å². The molecular weight excluding hydrogens is 254 g/mol. The van der Waals surface area contributed by atoms with E-state index in [0.717, 1.165) is 0 Å². The second-order valence-corrected chi connectivity index (χ2v) is 3.97. The maximum Gasteiger partial charge on any atom is 0.321 e. The zero-order valence-corrected chi connectivity index (χ0v) is 10.6. The van der Waals surface area contributed by atoms with Crippen LogP contribution in [-0.2, 0) is 9.53 Å². The molecule has 0 saturated carbocycles. The number of nitrogens with one attached hydrogen (secondary N) is 1. The van der Waals surface area contributed by atoms with Gasteiger partial charge in [-0.3, -0.25) is 9.69 Å². The lowest BCUT2D eigenvalue weighted by molar-refractivity contribution is -0.145. The number of H-pyrrole nitrogens is 1. The highest BCUT2D eigenvalue weighted by molar-refractivity contribution is 7.71. The molecule has 0 saturated heterocycles. The van der Waals surface area contributed by atoms with Gasteiger partial charge in [0.2, 0.25) is 0 Å². The Morgan fingerprint density at radius 1 is 1.78 bits per heavy atom. The number of nitrogens with zero attached hydrogens (tertiary/aromatic N) is 2. The Morgan fingerprint density at radius 2 is 2.50 bits per heavy atom. The Morgan fingerprint density at radius 3 is 3.11 bits per heavy atom. The van der Waals surface area contributed by atoms with Crippen LogP contribution < -0.4 is 0 Å². The zero-order chi connectivity index (χ0) is 13.5. The lowest BCUT2D eigenvalue weighted by Gasteiger charge is -2.22. The monoisotopic (exact) mass is 267 g/mol. The van der Waals surface area contributed by atoms with Crippen LogP contribution in [0.5, 0.6) is 0 Å². The molecular formula is C11H13N3O3S. The highest BCUT2D eigenvalue weighted by Crippen LogP contribution is 2.15. The quantitative estimate of drug-likeness (QED) is 0.464. The fourth-order valence-electron chi connectivity index (χ4n) is 1.32. The number of carbonyl (C=O) groups excluding carboxylic acids is 1. The van der Waals surface area contributed by atoms with Crippen LogP contribution >= 0.6 is 12.2 Å². The SMILES string of the molecule is CN(CC(=O)OCC#N)C(O)c1ccc[nH]c1=S. The average molecular weight is 267 g/mol. The maximum absolute atomic E-state index is 11.3. The molecule has 0 aromatic carbocycles. The van der Waals surface area contributed by atoms with Crippen LogP contribution in [0, 0.1) is 16.0 Å². The van der Waals surface area contributed by atoms with Crippen molar-refractivity contribution >= 4 is 18.2 Å². The normalized spacial score (nSPS) is 11.9. The molecule has 1 unspecified atom stereocenters. The van der Waals surface area contributed by atoms with E-state index in [1.54, 1.807) is 31.4 Å². The van der Waals surface area contributed by atoms with Gasteiger partial charge in [0.25, 0.3) is 0 Å². The summed E-state index contributed by atoms with van der Waals surface area (Å²) in [6.07, 6.45) is 0.643. The smallest absolute Gasteiger partial charge is 0.321 e. The largest absolute Gasteiger partial charge is 0.449 e. The third kappa shape index (κ3) is 3.92. The van der Waals surface area contributed by atoms with Gasteiger partial charge in [0.05, 0.1) is 6.54 Å². The van der Waals surface area contributed by atoms with Crippen molar-refractivity contribution < 1.29 is 14.6 Å². The molecule has 96 valence electrons. The van der Waals surface area contributed by atoms with Crippen molar-refractivity contribution in [1.82, 2.24) is 9.88 Å². The fourth-order valence-corrected chi connectivity index (χ4v) is 1.57. The van der Waals surface area contributed by atoms with Gasteiger partial charge in [-0.15, -0.1) is 0 Å². The second kappa shape index (κ2) is 6.86. The first-order valence-electron chi connectivity index (χ1n) is 5.14. The van der Waals surface area contributed by atoms with Crippen molar-refractivity contribution in [3.63, 3.8) is 0 Å². The van der Waals surface area contributed by atoms with Crippen LogP contribution in [0.4, 0.5) is 0 Å². The van der Waals surface area contributed by atoms with E-state index in [1.165, 1.54) is 4.90 Å². The van der Waals surface area contributed by atoms with Crippen molar-refractivity contribution in [1.29, 1.82) is 5.26 Å². The Balaban J connectivity index is 2.65. The molecule has 0 amide bonds. The summed E-state index contributed by atoms with van der Waals surface area (Å²) in [6.45, 7) is -0.430. The predicted molar refractivity (Wildman–Crippen MR) is 65.8 cm³/mol. The number of pyridine rings is 1. The van der Waals surface area contributed by atoms with Crippen molar-refractivity contribution in [2.75, 3.05) is 20.2 Å². The van der Waals surface area contributed by atoms with Crippen LogP contribution in [0.25, 0.3) is 0 Å². The lowest BCUT2D eigenvalue weighted by atomic mass is 10.2. The number of hydrogen-bond donors (Lipinski definition) is 2. The molecule has 0 bridgehead atoms. The predicted octanol–water partition coefficient (Wildman–Crippen LogP) is 0.734. The summed E-state index contributed by atoms with van der Waals surface area (Å²) < 4.78 is 5.00. The molecule has 0 aliphatic heterocycles. The van der Waals surface area contributed by atoms with Crippen molar-refractivity contribution in [2.45, 2.75) is 6.23 Å². The number of aromatic nitrogens is 1. The number of nitriles is 1. The summed E-state index contributed by atoms with van der Waals surface area (Å²) in [7, 11) is 1.56. The van der Waals surface area contributed by atoms with Gasteiger partial charge in [-0.25, -0.2) is 0 Å². The van der Waals surface area contributed by atoms with Gasteiger partial charge >= 0.3 is 5.97 Å². The lowest BCUT2D eigenvalue weighted by Crippen LogP contribution is -2.31. The molecule has 1 rings (SSSR count). The first-order chi connectivity index (χ1) is 8.56. The minimum Gasteiger partial charge on any atom is -0.449 e. The number of hydrogen-bond acceptors (Lipinski definition) is 6. The summed E-state index contributed by atoms with van der Waals surface area (Å²) in [6, 6.07) is 5.07. The molecule has 0 aliphatic carbocycles. The highest BCUT2D eigenvalue weighted by atomic mass is 32.1.